The standard InChI is InChI=1S/C20H24N2O4S/c1-16-6-9-18(10-7-16)27(23,24)26-19-11-8-17(14-20(19)25-2)15-21-22-12-4-3-5-13-22/h6-11,14-15H,3-5,12-13H2,1-2H3/b21-15-. The molecule has 0 amide bonds. The SMILES string of the molecule is COc1cc(/C=N\N2CCCCC2)ccc1OS(=O)(=O)c1ccc(C)cc1. The fourth-order valence-corrected chi connectivity index (χ4v) is 3.79. The zero-order valence-electron chi connectivity index (χ0n) is 15.6. The van der Waals surface area contributed by atoms with Crippen LogP contribution < -0.4 is 8.92 Å². The summed E-state index contributed by atoms with van der Waals surface area (Å²) in [4.78, 5) is 0.103. The Morgan fingerprint density at radius 1 is 1.00 bits per heavy atom. The van der Waals surface area contributed by atoms with Crippen molar-refractivity contribution in [3.63, 3.8) is 0 Å². The van der Waals surface area contributed by atoms with Crippen molar-refractivity contribution in [1.29, 1.82) is 0 Å². The molecule has 144 valence electrons. The molecule has 0 atom stereocenters. The molecule has 0 bridgehead atoms. The van der Waals surface area contributed by atoms with Gasteiger partial charge in [0.1, 0.15) is 4.90 Å². The molecule has 1 saturated heterocycles. The Morgan fingerprint density at radius 3 is 2.37 bits per heavy atom. The molecule has 1 aliphatic rings. The Hall–Kier alpha value is -2.54. The summed E-state index contributed by atoms with van der Waals surface area (Å²) in [6.45, 7) is 3.82. The summed E-state index contributed by atoms with van der Waals surface area (Å²) in [7, 11) is -2.45. The minimum Gasteiger partial charge on any atom is -0.493 e. The number of piperidine rings is 1. The van der Waals surface area contributed by atoms with Crippen molar-refractivity contribution in [2.75, 3.05) is 20.2 Å². The first-order valence-corrected chi connectivity index (χ1v) is 10.4. The summed E-state index contributed by atoms with van der Waals surface area (Å²) in [5, 5.41) is 6.53. The Bertz CT molecular complexity index is 902. The molecule has 0 aromatic heterocycles. The summed E-state index contributed by atoms with van der Waals surface area (Å²) >= 11 is 0. The highest BCUT2D eigenvalue weighted by molar-refractivity contribution is 7.87. The zero-order chi connectivity index (χ0) is 19.3. The van der Waals surface area contributed by atoms with Crippen molar-refractivity contribution < 1.29 is 17.3 Å². The molecule has 1 fully saturated rings. The number of nitrogens with zero attached hydrogens (tertiary/aromatic N) is 2. The lowest BCUT2D eigenvalue weighted by atomic mass is 10.2. The van der Waals surface area contributed by atoms with Gasteiger partial charge >= 0.3 is 10.1 Å². The van der Waals surface area contributed by atoms with E-state index in [9.17, 15) is 8.42 Å². The molecule has 0 radical (unpaired) electrons. The zero-order valence-corrected chi connectivity index (χ0v) is 16.4. The molecule has 7 heteroatoms. The number of benzene rings is 2. The Morgan fingerprint density at radius 2 is 1.70 bits per heavy atom. The van der Waals surface area contributed by atoms with Gasteiger partial charge in [0.2, 0.25) is 0 Å². The van der Waals surface area contributed by atoms with Gasteiger partial charge in [-0.2, -0.15) is 13.5 Å². The summed E-state index contributed by atoms with van der Waals surface area (Å²) in [5.74, 6) is 0.487. The quantitative estimate of drug-likeness (QED) is 0.559. The predicted molar refractivity (Wildman–Crippen MR) is 105 cm³/mol. The Balaban J connectivity index is 1.77. The first-order valence-electron chi connectivity index (χ1n) is 8.96. The van der Waals surface area contributed by atoms with Gasteiger partial charge in [0.05, 0.1) is 13.3 Å². The van der Waals surface area contributed by atoms with E-state index in [2.05, 4.69) is 5.10 Å². The normalized spacial score (nSPS) is 15.1. The molecule has 0 unspecified atom stereocenters. The molecular weight excluding hydrogens is 364 g/mol. The van der Waals surface area contributed by atoms with Crippen LogP contribution >= 0.6 is 0 Å². The van der Waals surface area contributed by atoms with Crippen LogP contribution in [0, 0.1) is 6.92 Å². The highest BCUT2D eigenvalue weighted by atomic mass is 32.2. The second kappa shape index (κ2) is 8.43. The fraction of sp³-hybridized carbons (Fsp3) is 0.350. The highest BCUT2D eigenvalue weighted by Gasteiger charge is 2.19. The molecule has 3 rings (SSSR count). The molecular formula is C20H24N2O4S. The van der Waals surface area contributed by atoms with Gasteiger partial charge < -0.3 is 8.92 Å². The molecule has 0 saturated carbocycles. The lowest BCUT2D eigenvalue weighted by Crippen LogP contribution is -2.24. The average molecular weight is 388 g/mol. The van der Waals surface area contributed by atoms with Gasteiger partial charge in [0, 0.05) is 13.1 Å². The van der Waals surface area contributed by atoms with Gasteiger partial charge in [-0.25, -0.2) is 0 Å². The van der Waals surface area contributed by atoms with Crippen molar-refractivity contribution in [2.45, 2.75) is 31.1 Å². The predicted octanol–water partition coefficient (Wildman–Crippen LogP) is 3.59. The van der Waals surface area contributed by atoms with Crippen LogP contribution in [0.4, 0.5) is 0 Å². The molecule has 1 aliphatic heterocycles. The first kappa shape index (κ1) is 19.2. The third kappa shape index (κ3) is 5.01. The maximum atomic E-state index is 12.5. The van der Waals surface area contributed by atoms with E-state index >= 15 is 0 Å². The number of methoxy groups -OCH3 is 1. The van der Waals surface area contributed by atoms with Crippen LogP contribution in [-0.2, 0) is 10.1 Å². The molecule has 0 spiro atoms. The molecule has 2 aromatic carbocycles. The van der Waals surface area contributed by atoms with E-state index in [1.165, 1.54) is 25.7 Å². The minimum absolute atomic E-state index is 0.103. The number of rotatable bonds is 6. The van der Waals surface area contributed by atoms with Gasteiger partial charge in [-0.05, 0) is 62.1 Å². The smallest absolute Gasteiger partial charge is 0.339 e. The minimum atomic E-state index is -3.93. The van der Waals surface area contributed by atoms with Crippen LogP contribution in [0.15, 0.2) is 52.5 Å². The maximum Gasteiger partial charge on any atom is 0.339 e. The van der Waals surface area contributed by atoms with Gasteiger partial charge in [0.15, 0.2) is 11.5 Å². The van der Waals surface area contributed by atoms with Gasteiger partial charge in [-0.1, -0.05) is 17.7 Å². The summed E-state index contributed by atoms with van der Waals surface area (Å²) in [6.07, 6.45) is 5.32. The Labute approximate surface area is 160 Å². The monoisotopic (exact) mass is 388 g/mol. The lowest BCUT2D eigenvalue weighted by molar-refractivity contribution is 0.240. The number of ether oxygens (including phenoxy) is 1. The first-order chi connectivity index (χ1) is 13.0. The van der Waals surface area contributed by atoms with E-state index in [0.717, 1.165) is 37.1 Å². The average Bonchev–Trinajstić information content (AvgIpc) is 2.68. The van der Waals surface area contributed by atoms with E-state index in [1.54, 1.807) is 36.5 Å². The van der Waals surface area contributed by atoms with Gasteiger partial charge in [-0.15, -0.1) is 0 Å². The van der Waals surface area contributed by atoms with E-state index in [0.29, 0.717) is 5.75 Å². The largest absolute Gasteiger partial charge is 0.493 e. The number of aryl methyl sites for hydroxylation is 1. The van der Waals surface area contributed by atoms with Crippen LogP contribution in [0.25, 0.3) is 0 Å². The topological polar surface area (TPSA) is 68.2 Å². The van der Waals surface area contributed by atoms with Crippen LogP contribution in [0.2, 0.25) is 0 Å². The molecule has 27 heavy (non-hydrogen) atoms. The van der Waals surface area contributed by atoms with E-state index in [-0.39, 0.29) is 10.6 Å². The van der Waals surface area contributed by atoms with Crippen molar-refractivity contribution in [1.82, 2.24) is 5.01 Å². The Kier molecular flexibility index (Phi) is 6.01. The highest BCUT2D eigenvalue weighted by Crippen LogP contribution is 2.30. The molecule has 2 aromatic rings. The third-order valence-corrected chi connectivity index (χ3v) is 5.65. The van der Waals surface area contributed by atoms with E-state index in [1.807, 2.05) is 11.9 Å². The molecule has 1 heterocycles. The molecule has 6 nitrogen and oxygen atoms in total. The lowest BCUT2D eigenvalue weighted by Gasteiger charge is -2.23. The third-order valence-electron chi connectivity index (χ3n) is 4.40. The molecule has 0 aliphatic carbocycles. The fourth-order valence-electron chi connectivity index (χ4n) is 2.85. The summed E-state index contributed by atoms with van der Waals surface area (Å²) < 4.78 is 35.6. The van der Waals surface area contributed by atoms with Crippen molar-refractivity contribution >= 4 is 16.3 Å². The van der Waals surface area contributed by atoms with Crippen LogP contribution in [-0.4, -0.2) is 39.8 Å². The van der Waals surface area contributed by atoms with Gasteiger partial charge in [0.25, 0.3) is 0 Å². The van der Waals surface area contributed by atoms with Crippen molar-refractivity contribution in [3.8, 4) is 11.5 Å². The number of hydrogen-bond donors (Lipinski definition) is 0. The molecule has 0 N–H and O–H groups in total. The number of hydrogen-bond acceptors (Lipinski definition) is 6. The van der Waals surface area contributed by atoms with Crippen molar-refractivity contribution in [3.05, 3.63) is 53.6 Å². The summed E-state index contributed by atoms with van der Waals surface area (Å²) in [5.41, 5.74) is 1.79. The number of hydrazone groups is 1. The maximum absolute atomic E-state index is 12.5. The van der Waals surface area contributed by atoms with Crippen LogP contribution in [0.3, 0.4) is 0 Å². The van der Waals surface area contributed by atoms with Crippen molar-refractivity contribution in [2.24, 2.45) is 5.10 Å². The van der Waals surface area contributed by atoms with Crippen LogP contribution in [0.5, 0.6) is 11.5 Å². The van der Waals surface area contributed by atoms with E-state index in [4.69, 9.17) is 8.92 Å². The second-order valence-electron chi connectivity index (χ2n) is 6.52. The van der Waals surface area contributed by atoms with Gasteiger partial charge in [-0.3, -0.25) is 5.01 Å². The van der Waals surface area contributed by atoms with E-state index < -0.39 is 10.1 Å². The summed E-state index contributed by atoms with van der Waals surface area (Å²) in [6, 6.07) is 11.6. The second-order valence-corrected chi connectivity index (χ2v) is 8.07. The van der Waals surface area contributed by atoms with Crippen LogP contribution in [0.1, 0.15) is 30.4 Å².